The van der Waals surface area contributed by atoms with Gasteiger partial charge >= 0.3 is 0 Å². The van der Waals surface area contributed by atoms with E-state index in [9.17, 15) is 9.59 Å². The average molecular weight is 420 g/mol. The van der Waals surface area contributed by atoms with Crippen LogP contribution in [0, 0.1) is 12.8 Å². The predicted molar refractivity (Wildman–Crippen MR) is 124 cm³/mol. The van der Waals surface area contributed by atoms with Crippen molar-refractivity contribution in [3.63, 3.8) is 0 Å². The molecular formula is C25H29N3O3. The SMILES string of the molecule is COc1ccc(C(=O)Nc2cccc3c(=O)n(CC4CCN(C)CC4)ccc23)cc1C. The molecule has 0 spiro atoms. The molecule has 6 nitrogen and oxygen atoms in total. The molecule has 0 atom stereocenters. The number of aryl methyl sites for hydroxylation is 1. The van der Waals surface area contributed by atoms with Crippen LogP contribution in [-0.2, 0) is 6.54 Å². The Hall–Kier alpha value is -3.12. The lowest BCUT2D eigenvalue weighted by Gasteiger charge is -2.29. The molecule has 31 heavy (non-hydrogen) atoms. The third-order valence-corrected chi connectivity index (χ3v) is 6.22. The van der Waals surface area contributed by atoms with Crippen molar-refractivity contribution in [1.29, 1.82) is 0 Å². The number of piperidine rings is 1. The number of hydrogen-bond acceptors (Lipinski definition) is 4. The Morgan fingerprint density at radius 3 is 2.61 bits per heavy atom. The van der Waals surface area contributed by atoms with Crippen LogP contribution in [0.25, 0.3) is 10.8 Å². The van der Waals surface area contributed by atoms with Crippen LogP contribution in [-0.4, -0.2) is 42.6 Å². The number of nitrogens with zero attached hydrogens (tertiary/aromatic N) is 2. The summed E-state index contributed by atoms with van der Waals surface area (Å²) in [6.07, 6.45) is 4.08. The van der Waals surface area contributed by atoms with E-state index < -0.39 is 0 Å². The van der Waals surface area contributed by atoms with E-state index in [1.807, 2.05) is 42.0 Å². The average Bonchev–Trinajstić information content (AvgIpc) is 2.77. The maximum Gasteiger partial charge on any atom is 0.258 e. The molecule has 0 aliphatic carbocycles. The summed E-state index contributed by atoms with van der Waals surface area (Å²) in [6, 6.07) is 12.7. The molecule has 2 heterocycles. The van der Waals surface area contributed by atoms with Gasteiger partial charge < -0.3 is 19.5 Å². The number of amides is 1. The molecule has 2 aromatic carbocycles. The Balaban J connectivity index is 1.58. The zero-order chi connectivity index (χ0) is 22.0. The fraction of sp³-hybridized carbons (Fsp3) is 0.360. The molecular weight excluding hydrogens is 390 g/mol. The highest BCUT2D eigenvalue weighted by Gasteiger charge is 2.18. The number of rotatable bonds is 5. The molecule has 6 heteroatoms. The van der Waals surface area contributed by atoms with Crippen molar-refractivity contribution in [3.8, 4) is 5.75 Å². The van der Waals surface area contributed by atoms with Gasteiger partial charge in [0.1, 0.15) is 5.75 Å². The summed E-state index contributed by atoms with van der Waals surface area (Å²) in [5.74, 6) is 1.05. The number of ether oxygens (including phenoxy) is 1. The normalized spacial score (nSPS) is 15.2. The molecule has 3 aromatic rings. The number of nitrogens with one attached hydrogen (secondary N) is 1. The van der Waals surface area contributed by atoms with Crippen LogP contribution in [0.3, 0.4) is 0 Å². The van der Waals surface area contributed by atoms with Gasteiger partial charge in [-0.1, -0.05) is 6.07 Å². The second-order valence-corrected chi connectivity index (χ2v) is 8.43. The van der Waals surface area contributed by atoms with Crippen LogP contribution in [0.5, 0.6) is 5.75 Å². The fourth-order valence-electron chi connectivity index (χ4n) is 4.31. The van der Waals surface area contributed by atoms with Crippen LogP contribution in [0.15, 0.2) is 53.5 Å². The van der Waals surface area contributed by atoms with Gasteiger partial charge in [0.2, 0.25) is 0 Å². The number of anilines is 1. The molecule has 4 rings (SSSR count). The van der Waals surface area contributed by atoms with E-state index in [2.05, 4.69) is 17.3 Å². The van der Waals surface area contributed by atoms with Crippen molar-refractivity contribution in [2.75, 3.05) is 32.6 Å². The number of carbonyl (C=O) groups excluding carboxylic acids is 1. The van der Waals surface area contributed by atoms with Crippen LogP contribution in [0.4, 0.5) is 5.69 Å². The number of methoxy groups -OCH3 is 1. The van der Waals surface area contributed by atoms with Crippen LogP contribution < -0.4 is 15.6 Å². The van der Waals surface area contributed by atoms with Crippen LogP contribution >= 0.6 is 0 Å². The first kappa shape index (κ1) is 21.1. The lowest BCUT2D eigenvalue weighted by atomic mass is 9.97. The summed E-state index contributed by atoms with van der Waals surface area (Å²) in [5.41, 5.74) is 2.07. The molecule has 1 saturated heterocycles. The number of aromatic nitrogens is 1. The second kappa shape index (κ2) is 8.94. The van der Waals surface area contributed by atoms with E-state index in [-0.39, 0.29) is 11.5 Å². The highest BCUT2D eigenvalue weighted by atomic mass is 16.5. The summed E-state index contributed by atoms with van der Waals surface area (Å²) < 4.78 is 7.08. The van der Waals surface area contributed by atoms with Gasteiger partial charge in [-0.15, -0.1) is 0 Å². The third-order valence-electron chi connectivity index (χ3n) is 6.22. The van der Waals surface area contributed by atoms with E-state index in [1.165, 1.54) is 0 Å². The minimum atomic E-state index is -0.214. The summed E-state index contributed by atoms with van der Waals surface area (Å²) in [4.78, 5) is 28.3. The minimum Gasteiger partial charge on any atom is -0.496 e. The first-order valence-corrected chi connectivity index (χ1v) is 10.7. The van der Waals surface area contributed by atoms with Crippen molar-refractivity contribution < 1.29 is 9.53 Å². The first-order chi connectivity index (χ1) is 15.0. The van der Waals surface area contributed by atoms with Gasteiger partial charge in [0.15, 0.2) is 0 Å². The van der Waals surface area contributed by atoms with Gasteiger partial charge in [-0.3, -0.25) is 9.59 Å². The quantitative estimate of drug-likeness (QED) is 0.681. The number of benzene rings is 2. The van der Waals surface area contributed by atoms with Crippen molar-refractivity contribution in [2.45, 2.75) is 26.3 Å². The molecule has 1 aliphatic rings. The van der Waals surface area contributed by atoms with Gasteiger partial charge in [-0.25, -0.2) is 0 Å². The molecule has 1 fully saturated rings. The Morgan fingerprint density at radius 1 is 1.13 bits per heavy atom. The summed E-state index contributed by atoms with van der Waals surface area (Å²) >= 11 is 0. The minimum absolute atomic E-state index is 0.00665. The fourth-order valence-corrected chi connectivity index (χ4v) is 4.31. The zero-order valence-electron chi connectivity index (χ0n) is 18.4. The largest absolute Gasteiger partial charge is 0.496 e. The zero-order valence-corrected chi connectivity index (χ0v) is 18.4. The van der Waals surface area contributed by atoms with Crippen molar-refractivity contribution in [2.24, 2.45) is 5.92 Å². The summed E-state index contributed by atoms with van der Waals surface area (Å²) in [6.45, 7) is 4.80. The molecule has 1 aliphatic heterocycles. The molecule has 162 valence electrons. The first-order valence-electron chi connectivity index (χ1n) is 10.7. The van der Waals surface area contributed by atoms with Gasteiger partial charge in [0, 0.05) is 34.8 Å². The predicted octanol–water partition coefficient (Wildman–Crippen LogP) is 3.91. The maximum atomic E-state index is 13.1. The number of hydrogen-bond donors (Lipinski definition) is 1. The second-order valence-electron chi connectivity index (χ2n) is 8.43. The molecule has 0 bridgehead atoms. The van der Waals surface area contributed by atoms with Gasteiger partial charge in [0.05, 0.1) is 7.11 Å². The monoisotopic (exact) mass is 419 g/mol. The molecule has 0 saturated carbocycles. The van der Waals surface area contributed by atoms with Crippen molar-refractivity contribution in [3.05, 3.63) is 70.1 Å². The highest BCUT2D eigenvalue weighted by Crippen LogP contribution is 2.24. The Labute approximate surface area is 182 Å². The standard InChI is InChI=1S/C25H29N3O3/c1-17-15-19(7-8-23(17)31-3)24(29)26-22-6-4-5-21-20(22)11-14-28(25(21)30)16-18-9-12-27(2)13-10-18/h4-8,11,14-15,18H,9-10,12-13,16H2,1-3H3,(H,26,29). The number of carbonyl (C=O) groups is 1. The third kappa shape index (κ3) is 4.49. The molecule has 1 N–H and O–H groups in total. The smallest absolute Gasteiger partial charge is 0.258 e. The van der Waals surface area contributed by atoms with E-state index in [0.717, 1.165) is 49.2 Å². The Kier molecular flexibility index (Phi) is 6.09. The van der Waals surface area contributed by atoms with E-state index in [0.29, 0.717) is 22.6 Å². The van der Waals surface area contributed by atoms with Gasteiger partial charge in [-0.2, -0.15) is 0 Å². The Morgan fingerprint density at radius 2 is 1.90 bits per heavy atom. The molecule has 1 amide bonds. The topological polar surface area (TPSA) is 63.6 Å². The van der Waals surface area contributed by atoms with Gasteiger partial charge in [-0.05, 0) is 87.8 Å². The van der Waals surface area contributed by atoms with Crippen LogP contribution in [0.2, 0.25) is 0 Å². The summed E-state index contributed by atoms with van der Waals surface area (Å²) in [7, 11) is 3.75. The molecule has 0 unspecified atom stereocenters. The van der Waals surface area contributed by atoms with E-state index in [4.69, 9.17) is 4.74 Å². The number of pyridine rings is 1. The highest BCUT2D eigenvalue weighted by molar-refractivity contribution is 6.09. The molecule has 0 radical (unpaired) electrons. The maximum absolute atomic E-state index is 13.1. The number of likely N-dealkylation sites (tertiary alicyclic amines) is 1. The van der Waals surface area contributed by atoms with Crippen molar-refractivity contribution >= 4 is 22.4 Å². The Bertz CT molecular complexity index is 1160. The lowest BCUT2D eigenvalue weighted by molar-refractivity contribution is 0.102. The van der Waals surface area contributed by atoms with Gasteiger partial charge in [0.25, 0.3) is 11.5 Å². The van der Waals surface area contributed by atoms with Crippen LogP contribution in [0.1, 0.15) is 28.8 Å². The lowest BCUT2D eigenvalue weighted by Crippen LogP contribution is -2.33. The molecule has 1 aromatic heterocycles. The summed E-state index contributed by atoms with van der Waals surface area (Å²) in [5, 5.41) is 4.34. The van der Waals surface area contributed by atoms with E-state index in [1.54, 1.807) is 25.3 Å². The van der Waals surface area contributed by atoms with E-state index >= 15 is 0 Å². The number of fused-ring (bicyclic) bond motifs is 1. The van der Waals surface area contributed by atoms with Crippen molar-refractivity contribution in [1.82, 2.24) is 9.47 Å².